The Morgan fingerprint density at radius 3 is 2.36 bits per heavy atom. The lowest BCUT2D eigenvalue weighted by Crippen LogP contribution is -2.49. The Hall–Kier alpha value is -2.36. The monoisotopic (exact) mass is 298 g/mol. The second-order valence-electron chi connectivity index (χ2n) is 5.76. The minimum atomic E-state index is -0.502. The Morgan fingerprint density at radius 2 is 1.73 bits per heavy atom. The van der Waals surface area contributed by atoms with Crippen molar-refractivity contribution in [3.8, 4) is 0 Å². The van der Waals surface area contributed by atoms with E-state index >= 15 is 0 Å². The van der Waals surface area contributed by atoms with Gasteiger partial charge in [0.2, 0.25) is 11.8 Å². The van der Waals surface area contributed by atoms with Crippen molar-refractivity contribution in [3.05, 3.63) is 48.0 Å². The standard InChI is InChI=1S/C18H22N2O2/c1-12(2)17(18(22)19-3)20-16(21)11-13-8-9-14-6-4-5-7-15(14)10-13/h4-10,12,17H,11H2,1-3H3,(H,19,22)(H,20,21)/t17-/m0/s1. The number of likely N-dealkylation sites (N-methyl/N-ethyl adjacent to an activating group) is 1. The molecule has 2 rings (SSSR count). The van der Waals surface area contributed by atoms with Gasteiger partial charge in [0.15, 0.2) is 0 Å². The number of hydrogen-bond donors (Lipinski definition) is 2. The third-order valence-electron chi connectivity index (χ3n) is 3.69. The molecule has 0 radical (unpaired) electrons. The summed E-state index contributed by atoms with van der Waals surface area (Å²) < 4.78 is 0. The molecule has 4 heteroatoms. The highest BCUT2D eigenvalue weighted by Gasteiger charge is 2.22. The summed E-state index contributed by atoms with van der Waals surface area (Å²) in [6.45, 7) is 3.83. The van der Waals surface area contributed by atoms with E-state index in [4.69, 9.17) is 0 Å². The fraction of sp³-hybridized carbons (Fsp3) is 0.333. The number of benzene rings is 2. The van der Waals surface area contributed by atoms with Gasteiger partial charge in [-0.05, 0) is 22.3 Å². The molecule has 0 saturated carbocycles. The van der Waals surface area contributed by atoms with Crippen LogP contribution in [0.3, 0.4) is 0 Å². The highest BCUT2D eigenvalue weighted by molar-refractivity contribution is 5.89. The maximum atomic E-state index is 12.2. The van der Waals surface area contributed by atoms with Gasteiger partial charge in [-0.2, -0.15) is 0 Å². The zero-order valence-corrected chi connectivity index (χ0v) is 13.2. The summed E-state index contributed by atoms with van der Waals surface area (Å²) in [7, 11) is 1.58. The predicted octanol–water partition coefficient (Wildman–Crippen LogP) is 2.27. The van der Waals surface area contributed by atoms with Crippen LogP contribution in [0, 0.1) is 5.92 Å². The van der Waals surface area contributed by atoms with Crippen LogP contribution in [-0.2, 0) is 16.0 Å². The number of carbonyl (C=O) groups excluding carboxylic acids is 2. The smallest absolute Gasteiger partial charge is 0.242 e. The first kappa shape index (κ1) is 16.0. The van der Waals surface area contributed by atoms with E-state index in [1.165, 1.54) is 0 Å². The minimum Gasteiger partial charge on any atom is -0.357 e. The molecule has 4 nitrogen and oxygen atoms in total. The normalized spacial score (nSPS) is 12.2. The third-order valence-corrected chi connectivity index (χ3v) is 3.69. The Balaban J connectivity index is 2.08. The van der Waals surface area contributed by atoms with Gasteiger partial charge < -0.3 is 10.6 Å². The minimum absolute atomic E-state index is 0.0421. The van der Waals surface area contributed by atoms with Crippen LogP contribution < -0.4 is 10.6 Å². The maximum absolute atomic E-state index is 12.2. The van der Waals surface area contributed by atoms with Crippen molar-refractivity contribution in [2.75, 3.05) is 7.05 Å². The summed E-state index contributed by atoms with van der Waals surface area (Å²) in [5, 5.41) is 7.66. The van der Waals surface area contributed by atoms with Crippen molar-refractivity contribution in [2.45, 2.75) is 26.3 Å². The lowest BCUT2D eigenvalue weighted by Gasteiger charge is -2.20. The van der Waals surface area contributed by atoms with Gasteiger partial charge in [-0.3, -0.25) is 9.59 Å². The molecule has 0 unspecified atom stereocenters. The molecular weight excluding hydrogens is 276 g/mol. The van der Waals surface area contributed by atoms with Crippen molar-refractivity contribution in [1.82, 2.24) is 10.6 Å². The van der Waals surface area contributed by atoms with Crippen molar-refractivity contribution in [2.24, 2.45) is 5.92 Å². The van der Waals surface area contributed by atoms with Crippen molar-refractivity contribution < 1.29 is 9.59 Å². The van der Waals surface area contributed by atoms with Gasteiger partial charge in [0.25, 0.3) is 0 Å². The molecule has 2 aromatic rings. The van der Waals surface area contributed by atoms with Gasteiger partial charge >= 0.3 is 0 Å². The Morgan fingerprint density at radius 1 is 1.05 bits per heavy atom. The lowest BCUT2D eigenvalue weighted by atomic mass is 10.0. The van der Waals surface area contributed by atoms with Crippen molar-refractivity contribution in [3.63, 3.8) is 0 Å². The summed E-state index contributed by atoms with van der Waals surface area (Å²) in [4.78, 5) is 24.0. The maximum Gasteiger partial charge on any atom is 0.242 e. The Labute approximate surface area is 130 Å². The largest absolute Gasteiger partial charge is 0.357 e. The zero-order valence-electron chi connectivity index (χ0n) is 13.2. The topological polar surface area (TPSA) is 58.2 Å². The molecule has 0 heterocycles. The average molecular weight is 298 g/mol. The van der Waals surface area contributed by atoms with E-state index in [1.54, 1.807) is 7.05 Å². The fourth-order valence-electron chi connectivity index (χ4n) is 2.45. The van der Waals surface area contributed by atoms with Crippen LogP contribution >= 0.6 is 0 Å². The summed E-state index contributed by atoms with van der Waals surface area (Å²) in [6, 6.07) is 13.5. The van der Waals surface area contributed by atoms with E-state index < -0.39 is 6.04 Å². The zero-order chi connectivity index (χ0) is 16.1. The molecule has 1 atom stereocenters. The summed E-state index contributed by atoms with van der Waals surface area (Å²) in [6.07, 6.45) is 0.269. The molecule has 22 heavy (non-hydrogen) atoms. The molecule has 0 spiro atoms. The number of hydrogen-bond acceptors (Lipinski definition) is 2. The first-order chi connectivity index (χ1) is 10.5. The van der Waals surface area contributed by atoms with Crippen LogP contribution in [0.4, 0.5) is 0 Å². The number of amides is 2. The van der Waals surface area contributed by atoms with Gasteiger partial charge in [-0.25, -0.2) is 0 Å². The number of rotatable bonds is 5. The average Bonchev–Trinajstić information content (AvgIpc) is 2.51. The van der Waals surface area contributed by atoms with Crippen LogP contribution in [0.1, 0.15) is 19.4 Å². The summed E-state index contributed by atoms with van der Waals surface area (Å²) in [5.41, 5.74) is 0.940. The van der Waals surface area contributed by atoms with E-state index in [0.29, 0.717) is 0 Å². The summed E-state index contributed by atoms with van der Waals surface area (Å²) >= 11 is 0. The predicted molar refractivity (Wildman–Crippen MR) is 88.5 cm³/mol. The highest BCUT2D eigenvalue weighted by atomic mass is 16.2. The van der Waals surface area contributed by atoms with E-state index in [1.807, 2.05) is 56.3 Å². The van der Waals surface area contributed by atoms with Gasteiger partial charge in [-0.1, -0.05) is 56.3 Å². The molecule has 116 valence electrons. The van der Waals surface area contributed by atoms with E-state index in [9.17, 15) is 9.59 Å². The third kappa shape index (κ3) is 3.85. The van der Waals surface area contributed by atoms with E-state index in [-0.39, 0.29) is 24.2 Å². The van der Waals surface area contributed by atoms with Gasteiger partial charge in [0.1, 0.15) is 6.04 Å². The molecule has 2 amide bonds. The fourth-order valence-corrected chi connectivity index (χ4v) is 2.45. The molecular formula is C18H22N2O2. The molecule has 0 saturated heterocycles. The number of nitrogens with one attached hydrogen (secondary N) is 2. The Bertz CT molecular complexity index is 680. The second kappa shape index (κ2) is 7.07. The number of fused-ring (bicyclic) bond motifs is 1. The van der Waals surface area contributed by atoms with Crippen LogP contribution in [-0.4, -0.2) is 24.9 Å². The van der Waals surface area contributed by atoms with Crippen LogP contribution in [0.5, 0.6) is 0 Å². The van der Waals surface area contributed by atoms with E-state index in [0.717, 1.165) is 16.3 Å². The first-order valence-corrected chi connectivity index (χ1v) is 7.50. The molecule has 0 fully saturated rings. The molecule has 0 aliphatic heterocycles. The summed E-state index contributed by atoms with van der Waals surface area (Å²) in [5.74, 6) is -0.264. The highest BCUT2D eigenvalue weighted by Crippen LogP contribution is 2.16. The quantitative estimate of drug-likeness (QED) is 0.889. The lowest BCUT2D eigenvalue weighted by molar-refractivity contribution is -0.129. The van der Waals surface area contributed by atoms with Gasteiger partial charge in [-0.15, -0.1) is 0 Å². The molecule has 2 N–H and O–H groups in total. The first-order valence-electron chi connectivity index (χ1n) is 7.50. The molecule has 0 aliphatic rings. The number of carbonyl (C=O) groups is 2. The SMILES string of the molecule is CNC(=O)[C@@H](NC(=O)Cc1ccc2ccccc2c1)C(C)C. The van der Waals surface area contributed by atoms with Crippen LogP contribution in [0.25, 0.3) is 10.8 Å². The van der Waals surface area contributed by atoms with E-state index in [2.05, 4.69) is 10.6 Å². The second-order valence-corrected chi connectivity index (χ2v) is 5.76. The molecule has 0 aliphatic carbocycles. The Kier molecular flexibility index (Phi) is 5.15. The van der Waals surface area contributed by atoms with Gasteiger partial charge in [0.05, 0.1) is 6.42 Å². The van der Waals surface area contributed by atoms with Crippen LogP contribution in [0.2, 0.25) is 0 Å². The molecule has 2 aromatic carbocycles. The molecule has 0 aromatic heterocycles. The molecule has 0 bridgehead atoms. The van der Waals surface area contributed by atoms with Crippen LogP contribution in [0.15, 0.2) is 42.5 Å². The van der Waals surface area contributed by atoms with Gasteiger partial charge in [0, 0.05) is 7.05 Å². The van der Waals surface area contributed by atoms with Crippen molar-refractivity contribution >= 4 is 22.6 Å². The van der Waals surface area contributed by atoms with Crippen molar-refractivity contribution in [1.29, 1.82) is 0 Å².